The van der Waals surface area contributed by atoms with Crippen LogP contribution in [0.15, 0.2) is 12.4 Å². The van der Waals surface area contributed by atoms with Gasteiger partial charge >= 0.3 is 0 Å². The number of carbonyl (C=O) groups excluding carboxylic acids is 1. The number of aldehydes is 1. The molecule has 0 aliphatic carbocycles. The molecule has 0 aliphatic rings. The van der Waals surface area contributed by atoms with Crippen LogP contribution in [0.4, 0.5) is 0 Å². The Morgan fingerprint density at radius 3 is 3.00 bits per heavy atom. The molecule has 0 radical (unpaired) electrons. The highest BCUT2D eigenvalue weighted by Crippen LogP contribution is 2.01. The molecule has 10 heavy (non-hydrogen) atoms. The van der Waals surface area contributed by atoms with E-state index in [1.54, 1.807) is 0 Å². The molecule has 0 bridgehead atoms. The highest BCUT2D eigenvalue weighted by Gasteiger charge is 1.93. The van der Waals surface area contributed by atoms with E-state index in [9.17, 15) is 4.79 Å². The zero-order valence-electron chi connectivity index (χ0n) is 5.12. The maximum atomic E-state index is 9.97. The Bertz CT molecular complexity index is 239. The fourth-order valence-corrected chi connectivity index (χ4v) is 0.728. The first kappa shape index (κ1) is 7.15. The van der Waals surface area contributed by atoms with E-state index in [1.165, 1.54) is 12.4 Å². The summed E-state index contributed by atoms with van der Waals surface area (Å²) in [7, 11) is 0. The second kappa shape index (κ2) is 3.27. The maximum Gasteiger partial charge on any atom is 0.147 e. The van der Waals surface area contributed by atoms with Crippen molar-refractivity contribution in [3.8, 4) is 0 Å². The number of carbonyl (C=O) groups is 1. The van der Waals surface area contributed by atoms with Gasteiger partial charge in [-0.25, -0.2) is 4.98 Å². The minimum absolute atomic E-state index is 0.271. The highest BCUT2D eigenvalue weighted by molar-refractivity contribution is 6.29. The van der Waals surface area contributed by atoms with Crippen molar-refractivity contribution in [3.05, 3.63) is 23.2 Å². The fraction of sp³-hybridized carbons (Fsp3) is 0.167. The van der Waals surface area contributed by atoms with E-state index >= 15 is 0 Å². The van der Waals surface area contributed by atoms with Gasteiger partial charge in [0, 0.05) is 12.6 Å². The first-order chi connectivity index (χ1) is 4.83. The van der Waals surface area contributed by atoms with Crippen molar-refractivity contribution >= 4 is 17.9 Å². The summed E-state index contributed by atoms with van der Waals surface area (Å²) in [6.45, 7) is 0. The highest BCUT2D eigenvalue weighted by atomic mass is 35.5. The molecule has 0 unspecified atom stereocenters. The van der Waals surface area contributed by atoms with Gasteiger partial charge in [0.05, 0.1) is 11.9 Å². The van der Waals surface area contributed by atoms with Gasteiger partial charge < -0.3 is 4.79 Å². The lowest BCUT2D eigenvalue weighted by Crippen LogP contribution is -1.91. The Balaban J connectivity index is 2.84. The summed E-state index contributed by atoms with van der Waals surface area (Å²) in [6, 6.07) is 0. The van der Waals surface area contributed by atoms with Crippen LogP contribution < -0.4 is 0 Å². The van der Waals surface area contributed by atoms with Crippen LogP contribution in [0.1, 0.15) is 5.69 Å². The number of hydrogen-bond acceptors (Lipinski definition) is 3. The van der Waals surface area contributed by atoms with E-state index in [0.29, 0.717) is 10.8 Å². The molecule has 1 aromatic rings. The second-order valence-electron chi connectivity index (χ2n) is 1.70. The molecule has 0 aliphatic heterocycles. The van der Waals surface area contributed by atoms with Crippen molar-refractivity contribution in [2.24, 2.45) is 0 Å². The third-order valence-electron chi connectivity index (χ3n) is 0.948. The van der Waals surface area contributed by atoms with Gasteiger partial charge in [-0.1, -0.05) is 11.6 Å². The molecular weight excluding hydrogens is 152 g/mol. The van der Waals surface area contributed by atoms with Crippen LogP contribution in [0.3, 0.4) is 0 Å². The molecule has 52 valence electrons. The van der Waals surface area contributed by atoms with Gasteiger partial charge in [-0.2, -0.15) is 0 Å². The zero-order chi connectivity index (χ0) is 7.40. The SMILES string of the molecule is O=CCc1cncc(Cl)n1. The van der Waals surface area contributed by atoms with Crippen molar-refractivity contribution in [2.45, 2.75) is 6.42 Å². The number of aromatic nitrogens is 2. The Labute approximate surface area is 63.1 Å². The molecule has 3 nitrogen and oxygen atoms in total. The Hall–Kier alpha value is -0.960. The fourth-order valence-electron chi connectivity index (χ4n) is 0.563. The van der Waals surface area contributed by atoms with E-state index < -0.39 is 0 Å². The predicted molar refractivity (Wildman–Crippen MR) is 36.8 cm³/mol. The molecule has 1 heterocycles. The number of rotatable bonds is 2. The molecule has 0 atom stereocenters. The third-order valence-corrected chi connectivity index (χ3v) is 1.13. The van der Waals surface area contributed by atoms with Crippen LogP contribution in [0.5, 0.6) is 0 Å². The van der Waals surface area contributed by atoms with Crippen molar-refractivity contribution in [2.75, 3.05) is 0 Å². The van der Waals surface area contributed by atoms with E-state index in [4.69, 9.17) is 11.6 Å². The van der Waals surface area contributed by atoms with Crippen molar-refractivity contribution in [1.29, 1.82) is 0 Å². The van der Waals surface area contributed by atoms with Crippen LogP contribution >= 0.6 is 11.6 Å². The Morgan fingerprint density at radius 2 is 2.40 bits per heavy atom. The van der Waals surface area contributed by atoms with E-state index in [1.807, 2.05) is 0 Å². The van der Waals surface area contributed by atoms with Gasteiger partial charge in [-0.3, -0.25) is 4.98 Å². The average Bonchev–Trinajstić information content (AvgIpc) is 1.88. The molecule has 0 aromatic carbocycles. The lowest BCUT2D eigenvalue weighted by atomic mass is 10.3. The monoisotopic (exact) mass is 156 g/mol. The molecule has 0 N–H and O–H groups in total. The smallest absolute Gasteiger partial charge is 0.147 e. The second-order valence-corrected chi connectivity index (χ2v) is 2.09. The van der Waals surface area contributed by atoms with Gasteiger partial charge in [0.2, 0.25) is 0 Å². The zero-order valence-corrected chi connectivity index (χ0v) is 5.88. The maximum absolute atomic E-state index is 9.97. The summed E-state index contributed by atoms with van der Waals surface area (Å²) in [5, 5.41) is 0.319. The van der Waals surface area contributed by atoms with E-state index in [-0.39, 0.29) is 6.42 Å². The van der Waals surface area contributed by atoms with Gasteiger partial charge in [-0.05, 0) is 0 Å². The average molecular weight is 157 g/mol. The molecule has 0 saturated heterocycles. The van der Waals surface area contributed by atoms with Crippen LogP contribution in [0.25, 0.3) is 0 Å². The standard InChI is InChI=1S/C6H5ClN2O/c7-6-4-8-3-5(9-6)1-2-10/h2-4H,1H2. The largest absolute Gasteiger partial charge is 0.303 e. The first-order valence-corrected chi connectivity index (χ1v) is 3.11. The van der Waals surface area contributed by atoms with Gasteiger partial charge in [0.15, 0.2) is 0 Å². The van der Waals surface area contributed by atoms with Gasteiger partial charge in [0.1, 0.15) is 11.4 Å². The van der Waals surface area contributed by atoms with Crippen molar-refractivity contribution in [1.82, 2.24) is 9.97 Å². The van der Waals surface area contributed by atoms with Crippen LogP contribution in [0.2, 0.25) is 5.15 Å². The summed E-state index contributed by atoms with van der Waals surface area (Å²) < 4.78 is 0. The Morgan fingerprint density at radius 1 is 1.60 bits per heavy atom. The van der Waals surface area contributed by atoms with Gasteiger partial charge in [0.25, 0.3) is 0 Å². The lowest BCUT2D eigenvalue weighted by molar-refractivity contribution is -0.107. The predicted octanol–water partition coefficient (Wildman–Crippen LogP) is 0.871. The topological polar surface area (TPSA) is 42.9 Å². The van der Waals surface area contributed by atoms with Crippen LogP contribution in [0, 0.1) is 0 Å². The van der Waals surface area contributed by atoms with Gasteiger partial charge in [-0.15, -0.1) is 0 Å². The lowest BCUT2D eigenvalue weighted by Gasteiger charge is -1.91. The molecule has 0 amide bonds. The molecular formula is C6H5ClN2O. The minimum atomic E-state index is 0.271. The number of halogens is 1. The molecule has 0 spiro atoms. The minimum Gasteiger partial charge on any atom is -0.303 e. The molecule has 1 aromatic heterocycles. The summed E-state index contributed by atoms with van der Waals surface area (Å²) in [5.41, 5.74) is 0.600. The van der Waals surface area contributed by atoms with Crippen LogP contribution in [-0.4, -0.2) is 16.3 Å². The molecule has 0 saturated carbocycles. The van der Waals surface area contributed by atoms with Crippen molar-refractivity contribution in [3.63, 3.8) is 0 Å². The van der Waals surface area contributed by atoms with E-state index in [0.717, 1.165) is 6.29 Å². The number of hydrogen-bond donors (Lipinski definition) is 0. The summed E-state index contributed by atoms with van der Waals surface area (Å²) in [6.07, 6.45) is 3.98. The third kappa shape index (κ3) is 1.77. The molecule has 0 fully saturated rings. The molecule has 1 rings (SSSR count). The summed E-state index contributed by atoms with van der Waals surface area (Å²) >= 11 is 5.49. The van der Waals surface area contributed by atoms with E-state index in [2.05, 4.69) is 9.97 Å². The quantitative estimate of drug-likeness (QED) is 0.597. The number of nitrogens with zero attached hydrogens (tertiary/aromatic N) is 2. The van der Waals surface area contributed by atoms with Crippen molar-refractivity contribution < 1.29 is 4.79 Å². The molecule has 4 heteroatoms. The first-order valence-electron chi connectivity index (χ1n) is 2.73. The Kier molecular flexibility index (Phi) is 2.34. The summed E-state index contributed by atoms with van der Waals surface area (Å²) in [5.74, 6) is 0. The normalized spacial score (nSPS) is 9.30. The van der Waals surface area contributed by atoms with Crippen LogP contribution in [-0.2, 0) is 11.2 Å². The summed E-state index contributed by atoms with van der Waals surface area (Å²) in [4.78, 5) is 17.6.